The lowest BCUT2D eigenvalue weighted by atomic mass is 9.64. The first kappa shape index (κ1) is 15.0. The van der Waals surface area contributed by atoms with Crippen LogP contribution in [0.5, 0.6) is 0 Å². The van der Waals surface area contributed by atoms with E-state index >= 15 is 0 Å². The fourth-order valence-corrected chi connectivity index (χ4v) is 4.31. The monoisotopic (exact) mass is 308 g/mol. The SMILES string of the molecule is COC1CC(NCC(=O)N2CCc3sccc3C2)C1(C)C. The third-order valence-corrected chi connectivity index (χ3v) is 6.15. The minimum Gasteiger partial charge on any atom is -0.381 e. The molecule has 2 heterocycles. The molecular weight excluding hydrogens is 284 g/mol. The number of nitrogens with zero attached hydrogens (tertiary/aromatic N) is 1. The lowest BCUT2D eigenvalue weighted by Crippen LogP contribution is -2.61. The number of thiophene rings is 1. The second kappa shape index (κ2) is 5.71. The second-order valence-electron chi connectivity index (χ2n) is 6.65. The number of rotatable bonds is 4. The topological polar surface area (TPSA) is 41.6 Å². The van der Waals surface area contributed by atoms with Gasteiger partial charge in [-0.25, -0.2) is 0 Å². The average molecular weight is 308 g/mol. The molecule has 0 spiro atoms. The van der Waals surface area contributed by atoms with E-state index in [2.05, 4.69) is 30.6 Å². The molecule has 3 rings (SSSR count). The Balaban J connectivity index is 1.50. The highest BCUT2D eigenvalue weighted by Gasteiger charge is 2.48. The predicted octanol–water partition coefficient (Wildman–Crippen LogP) is 2.04. The maximum atomic E-state index is 12.4. The van der Waals surface area contributed by atoms with Crippen molar-refractivity contribution in [1.29, 1.82) is 0 Å². The van der Waals surface area contributed by atoms with E-state index in [0.717, 1.165) is 25.9 Å². The van der Waals surface area contributed by atoms with Crippen molar-refractivity contribution in [2.45, 2.75) is 45.4 Å². The normalized spacial score (nSPS) is 27.1. The van der Waals surface area contributed by atoms with E-state index in [1.165, 1.54) is 10.4 Å². The summed E-state index contributed by atoms with van der Waals surface area (Å²) in [7, 11) is 1.76. The number of amides is 1. The molecule has 21 heavy (non-hydrogen) atoms. The Kier molecular flexibility index (Phi) is 4.08. The van der Waals surface area contributed by atoms with Crippen molar-refractivity contribution < 1.29 is 9.53 Å². The molecule has 2 atom stereocenters. The van der Waals surface area contributed by atoms with Gasteiger partial charge in [-0.1, -0.05) is 13.8 Å². The largest absolute Gasteiger partial charge is 0.381 e. The summed E-state index contributed by atoms with van der Waals surface area (Å²) in [6, 6.07) is 2.51. The average Bonchev–Trinajstić information content (AvgIpc) is 2.93. The van der Waals surface area contributed by atoms with Crippen molar-refractivity contribution in [1.82, 2.24) is 10.2 Å². The lowest BCUT2D eigenvalue weighted by Gasteiger charge is -2.51. The van der Waals surface area contributed by atoms with Crippen molar-refractivity contribution in [2.75, 3.05) is 20.2 Å². The Labute approximate surface area is 130 Å². The van der Waals surface area contributed by atoms with Gasteiger partial charge in [0.15, 0.2) is 0 Å². The van der Waals surface area contributed by atoms with Crippen LogP contribution in [0.25, 0.3) is 0 Å². The van der Waals surface area contributed by atoms with Crippen LogP contribution >= 0.6 is 11.3 Å². The van der Waals surface area contributed by atoms with E-state index in [1.54, 1.807) is 18.4 Å². The Morgan fingerprint density at radius 2 is 2.38 bits per heavy atom. The molecule has 5 heteroatoms. The maximum absolute atomic E-state index is 12.4. The molecule has 1 fully saturated rings. The van der Waals surface area contributed by atoms with Gasteiger partial charge < -0.3 is 15.0 Å². The van der Waals surface area contributed by atoms with Crippen LogP contribution in [0.2, 0.25) is 0 Å². The standard InChI is InChI=1S/C16H24N2O2S/c1-16(2)13(8-14(16)20-3)17-9-15(19)18-6-4-12-11(10-18)5-7-21-12/h5,7,13-14,17H,4,6,8-10H2,1-3H3. The van der Waals surface area contributed by atoms with E-state index in [1.807, 2.05) is 4.90 Å². The van der Waals surface area contributed by atoms with E-state index in [-0.39, 0.29) is 11.3 Å². The van der Waals surface area contributed by atoms with Gasteiger partial charge in [0.05, 0.1) is 12.6 Å². The van der Waals surface area contributed by atoms with E-state index in [9.17, 15) is 4.79 Å². The summed E-state index contributed by atoms with van der Waals surface area (Å²) in [4.78, 5) is 15.8. The van der Waals surface area contributed by atoms with Crippen molar-refractivity contribution >= 4 is 17.2 Å². The molecule has 0 bridgehead atoms. The third kappa shape index (κ3) is 2.74. The van der Waals surface area contributed by atoms with Crippen molar-refractivity contribution in [3.8, 4) is 0 Å². The van der Waals surface area contributed by atoms with Gasteiger partial charge in [0, 0.05) is 36.5 Å². The number of hydrogen-bond donors (Lipinski definition) is 1. The first-order valence-electron chi connectivity index (χ1n) is 7.61. The van der Waals surface area contributed by atoms with E-state index < -0.39 is 0 Å². The zero-order valence-electron chi connectivity index (χ0n) is 13.0. The lowest BCUT2D eigenvalue weighted by molar-refractivity contribution is -0.133. The van der Waals surface area contributed by atoms with Crippen LogP contribution in [-0.4, -0.2) is 43.2 Å². The van der Waals surface area contributed by atoms with Crippen LogP contribution in [-0.2, 0) is 22.5 Å². The van der Waals surface area contributed by atoms with Gasteiger partial charge in [0.1, 0.15) is 0 Å². The molecule has 2 unspecified atom stereocenters. The smallest absolute Gasteiger partial charge is 0.236 e. The molecule has 1 amide bonds. The van der Waals surface area contributed by atoms with Gasteiger partial charge in [0.2, 0.25) is 5.91 Å². The Hall–Kier alpha value is -0.910. The Morgan fingerprint density at radius 3 is 3.10 bits per heavy atom. The zero-order valence-corrected chi connectivity index (χ0v) is 13.8. The van der Waals surface area contributed by atoms with Gasteiger partial charge in [-0.2, -0.15) is 0 Å². The molecule has 1 saturated carbocycles. The quantitative estimate of drug-likeness (QED) is 0.925. The van der Waals surface area contributed by atoms with E-state index in [4.69, 9.17) is 4.74 Å². The molecule has 1 aliphatic heterocycles. The molecule has 0 radical (unpaired) electrons. The van der Waals surface area contributed by atoms with Gasteiger partial charge in [-0.15, -0.1) is 11.3 Å². The van der Waals surface area contributed by atoms with Gasteiger partial charge in [0.25, 0.3) is 0 Å². The minimum absolute atomic E-state index is 0.109. The van der Waals surface area contributed by atoms with Crippen LogP contribution < -0.4 is 5.32 Å². The van der Waals surface area contributed by atoms with Crippen LogP contribution in [0.1, 0.15) is 30.7 Å². The van der Waals surface area contributed by atoms with Crippen LogP contribution in [0.4, 0.5) is 0 Å². The number of methoxy groups -OCH3 is 1. The first-order chi connectivity index (χ1) is 10.0. The number of nitrogens with one attached hydrogen (secondary N) is 1. The molecule has 0 aromatic carbocycles. The van der Waals surface area contributed by atoms with Gasteiger partial charge in [-0.05, 0) is 29.9 Å². The fourth-order valence-electron chi connectivity index (χ4n) is 3.42. The molecule has 1 N–H and O–H groups in total. The molecular formula is C16H24N2O2S. The van der Waals surface area contributed by atoms with Crippen LogP contribution in [0, 0.1) is 5.41 Å². The summed E-state index contributed by atoms with van der Waals surface area (Å²) in [6.07, 6.45) is 2.29. The molecule has 2 aliphatic rings. The molecule has 4 nitrogen and oxygen atoms in total. The summed E-state index contributed by atoms with van der Waals surface area (Å²) >= 11 is 1.81. The van der Waals surface area contributed by atoms with Gasteiger partial charge in [-0.3, -0.25) is 4.79 Å². The highest BCUT2D eigenvalue weighted by molar-refractivity contribution is 7.10. The number of hydrogen-bond acceptors (Lipinski definition) is 4. The summed E-state index contributed by atoms with van der Waals surface area (Å²) in [5, 5.41) is 5.54. The highest BCUT2D eigenvalue weighted by atomic mass is 32.1. The molecule has 1 aliphatic carbocycles. The van der Waals surface area contributed by atoms with Crippen molar-refractivity contribution in [3.05, 3.63) is 21.9 Å². The van der Waals surface area contributed by atoms with Crippen molar-refractivity contribution in [3.63, 3.8) is 0 Å². The summed E-state index contributed by atoms with van der Waals surface area (Å²) in [5.74, 6) is 0.212. The minimum atomic E-state index is 0.109. The van der Waals surface area contributed by atoms with Crippen LogP contribution in [0.3, 0.4) is 0 Å². The highest BCUT2D eigenvalue weighted by Crippen LogP contribution is 2.42. The summed E-state index contributed by atoms with van der Waals surface area (Å²) < 4.78 is 5.45. The number of carbonyl (C=O) groups excluding carboxylic acids is 1. The van der Waals surface area contributed by atoms with Gasteiger partial charge >= 0.3 is 0 Å². The molecule has 0 saturated heterocycles. The fraction of sp³-hybridized carbons (Fsp3) is 0.688. The van der Waals surface area contributed by atoms with E-state index in [0.29, 0.717) is 18.7 Å². The number of fused-ring (bicyclic) bond motifs is 1. The maximum Gasteiger partial charge on any atom is 0.236 e. The zero-order chi connectivity index (χ0) is 15.0. The number of ether oxygens (including phenoxy) is 1. The molecule has 1 aromatic rings. The third-order valence-electron chi connectivity index (χ3n) is 5.12. The summed E-state index contributed by atoms with van der Waals surface area (Å²) in [6.45, 7) is 6.46. The predicted molar refractivity (Wildman–Crippen MR) is 84.4 cm³/mol. The second-order valence-corrected chi connectivity index (χ2v) is 7.65. The molecule has 116 valence electrons. The molecule has 1 aromatic heterocycles. The van der Waals surface area contributed by atoms with Crippen molar-refractivity contribution in [2.24, 2.45) is 5.41 Å². The Bertz CT molecular complexity index is 526. The summed E-state index contributed by atoms with van der Waals surface area (Å²) in [5.41, 5.74) is 1.43. The first-order valence-corrected chi connectivity index (χ1v) is 8.49. The van der Waals surface area contributed by atoms with Crippen LogP contribution in [0.15, 0.2) is 11.4 Å². The number of carbonyl (C=O) groups is 1. The Morgan fingerprint density at radius 1 is 1.57 bits per heavy atom.